The number of aldehydes is 1. The van der Waals surface area contributed by atoms with Crippen molar-refractivity contribution < 1.29 is 9.53 Å². The molecule has 0 saturated carbocycles. The zero-order valence-electron chi connectivity index (χ0n) is 9.62. The third kappa shape index (κ3) is 3.08. The Balaban J connectivity index is 2.87. The van der Waals surface area contributed by atoms with Gasteiger partial charge in [-0.1, -0.05) is 25.5 Å². The van der Waals surface area contributed by atoms with E-state index in [1.165, 1.54) is 0 Å². The molecule has 0 spiro atoms. The van der Waals surface area contributed by atoms with Crippen LogP contribution in [0.5, 0.6) is 5.75 Å². The topological polar surface area (TPSA) is 26.3 Å². The molecule has 0 fully saturated rings. The zero-order chi connectivity index (χ0) is 11.3. The van der Waals surface area contributed by atoms with Gasteiger partial charge in [0, 0.05) is 0 Å². The normalized spacial score (nSPS) is 12.2. The minimum absolute atomic E-state index is 0.162. The maximum atomic E-state index is 10.8. The molecule has 0 radical (unpaired) electrons. The quantitative estimate of drug-likeness (QED) is 0.690. The maximum Gasteiger partial charge on any atom is 0.153 e. The van der Waals surface area contributed by atoms with E-state index in [1.54, 1.807) is 6.07 Å². The molecular weight excluding hydrogens is 188 g/mol. The molecule has 1 unspecified atom stereocenters. The lowest BCUT2D eigenvalue weighted by Crippen LogP contribution is -2.13. The molecule has 0 heterocycles. The van der Waals surface area contributed by atoms with E-state index >= 15 is 0 Å². The SMILES string of the molecule is CCCC(C)Oc1c(C)cccc1C=O. The monoisotopic (exact) mass is 206 g/mol. The van der Waals surface area contributed by atoms with Crippen LogP contribution >= 0.6 is 0 Å². The molecular formula is C13H18O2. The van der Waals surface area contributed by atoms with Crippen LogP contribution in [0, 0.1) is 6.92 Å². The molecule has 2 nitrogen and oxygen atoms in total. The van der Waals surface area contributed by atoms with Crippen LogP contribution in [-0.2, 0) is 0 Å². The predicted molar refractivity (Wildman–Crippen MR) is 61.6 cm³/mol. The van der Waals surface area contributed by atoms with Gasteiger partial charge in [-0.05, 0) is 31.9 Å². The summed E-state index contributed by atoms with van der Waals surface area (Å²) in [5.41, 5.74) is 1.65. The molecule has 0 aliphatic rings. The van der Waals surface area contributed by atoms with Gasteiger partial charge in [0.2, 0.25) is 0 Å². The first-order chi connectivity index (χ1) is 7.19. The van der Waals surface area contributed by atoms with Crippen LogP contribution in [0.4, 0.5) is 0 Å². The van der Waals surface area contributed by atoms with Crippen molar-refractivity contribution >= 4 is 6.29 Å². The highest BCUT2D eigenvalue weighted by molar-refractivity contribution is 5.80. The van der Waals surface area contributed by atoms with Crippen molar-refractivity contribution in [1.29, 1.82) is 0 Å². The number of ether oxygens (including phenoxy) is 1. The van der Waals surface area contributed by atoms with Crippen LogP contribution in [-0.4, -0.2) is 12.4 Å². The molecule has 0 bridgehead atoms. The summed E-state index contributed by atoms with van der Waals surface area (Å²) in [6.45, 7) is 6.11. The Morgan fingerprint density at radius 2 is 2.20 bits per heavy atom. The molecule has 82 valence electrons. The average Bonchev–Trinajstić information content (AvgIpc) is 2.21. The number of benzene rings is 1. The summed E-state index contributed by atoms with van der Waals surface area (Å²) >= 11 is 0. The Labute approximate surface area is 91.3 Å². The van der Waals surface area contributed by atoms with E-state index < -0.39 is 0 Å². The van der Waals surface area contributed by atoms with Gasteiger partial charge < -0.3 is 4.74 Å². The Morgan fingerprint density at radius 1 is 1.47 bits per heavy atom. The van der Waals surface area contributed by atoms with E-state index in [4.69, 9.17) is 4.74 Å². The van der Waals surface area contributed by atoms with Crippen molar-refractivity contribution in [1.82, 2.24) is 0 Å². The summed E-state index contributed by atoms with van der Waals surface area (Å²) < 4.78 is 5.78. The summed E-state index contributed by atoms with van der Waals surface area (Å²) in [7, 11) is 0. The van der Waals surface area contributed by atoms with Crippen LogP contribution in [0.2, 0.25) is 0 Å². The smallest absolute Gasteiger partial charge is 0.153 e. The third-order valence-electron chi connectivity index (χ3n) is 2.38. The van der Waals surface area contributed by atoms with Gasteiger partial charge in [-0.15, -0.1) is 0 Å². The largest absolute Gasteiger partial charge is 0.490 e. The minimum atomic E-state index is 0.162. The number of aryl methyl sites for hydroxylation is 1. The first-order valence-corrected chi connectivity index (χ1v) is 5.40. The highest BCUT2D eigenvalue weighted by Crippen LogP contribution is 2.23. The lowest BCUT2D eigenvalue weighted by molar-refractivity contribution is 0.111. The summed E-state index contributed by atoms with van der Waals surface area (Å²) in [4.78, 5) is 10.8. The van der Waals surface area contributed by atoms with E-state index in [2.05, 4.69) is 6.92 Å². The van der Waals surface area contributed by atoms with Gasteiger partial charge in [-0.2, -0.15) is 0 Å². The molecule has 0 aromatic heterocycles. The van der Waals surface area contributed by atoms with E-state index in [0.29, 0.717) is 5.56 Å². The van der Waals surface area contributed by atoms with Crippen molar-refractivity contribution in [2.45, 2.75) is 39.7 Å². The standard InChI is InChI=1S/C13H18O2/c1-4-6-11(3)15-13-10(2)7-5-8-12(13)9-14/h5,7-9,11H,4,6H2,1-3H3. The fourth-order valence-electron chi connectivity index (χ4n) is 1.60. The van der Waals surface area contributed by atoms with Crippen molar-refractivity contribution in [3.05, 3.63) is 29.3 Å². The summed E-state index contributed by atoms with van der Waals surface area (Å²) in [5, 5.41) is 0. The van der Waals surface area contributed by atoms with Crippen molar-refractivity contribution in [3.63, 3.8) is 0 Å². The molecule has 15 heavy (non-hydrogen) atoms. The van der Waals surface area contributed by atoms with Crippen LogP contribution in [0.3, 0.4) is 0 Å². The molecule has 0 amide bonds. The van der Waals surface area contributed by atoms with E-state index in [1.807, 2.05) is 26.0 Å². The Kier molecular flexibility index (Phi) is 4.35. The van der Waals surface area contributed by atoms with Gasteiger partial charge in [0.05, 0.1) is 11.7 Å². The molecule has 0 N–H and O–H groups in total. The Hall–Kier alpha value is -1.31. The molecule has 0 aliphatic heterocycles. The van der Waals surface area contributed by atoms with E-state index in [9.17, 15) is 4.79 Å². The molecule has 2 heteroatoms. The highest BCUT2D eigenvalue weighted by Gasteiger charge is 2.09. The van der Waals surface area contributed by atoms with Crippen LogP contribution in [0.1, 0.15) is 42.6 Å². The third-order valence-corrected chi connectivity index (χ3v) is 2.38. The highest BCUT2D eigenvalue weighted by atomic mass is 16.5. The first kappa shape index (κ1) is 11.8. The summed E-state index contributed by atoms with van der Waals surface area (Å²) in [6.07, 6.45) is 3.10. The summed E-state index contributed by atoms with van der Waals surface area (Å²) in [5.74, 6) is 0.730. The second kappa shape index (κ2) is 5.54. The molecule has 1 atom stereocenters. The van der Waals surface area contributed by atoms with Crippen LogP contribution in [0.15, 0.2) is 18.2 Å². The predicted octanol–water partition coefficient (Wildman–Crippen LogP) is 3.37. The second-order valence-corrected chi connectivity index (χ2v) is 3.83. The number of hydrogen-bond acceptors (Lipinski definition) is 2. The van der Waals surface area contributed by atoms with Gasteiger partial charge >= 0.3 is 0 Å². The Morgan fingerprint density at radius 3 is 2.80 bits per heavy atom. The van der Waals surface area contributed by atoms with E-state index in [-0.39, 0.29) is 6.10 Å². The van der Waals surface area contributed by atoms with Crippen molar-refractivity contribution in [2.75, 3.05) is 0 Å². The number of carbonyl (C=O) groups excluding carboxylic acids is 1. The van der Waals surface area contributed by atoms with Gasteiger partial charge in [0.15, 0.2) is 6.29 Å². The van der Waals surface area contributed by atoms with Gasteiger partial charge in [-0.25, -0.2) is 0 Å². The zero-order valence-corrected chi connectivity index (χ0v) is 9.62. The molecule has 0 aliphatic carbocycles. The average molecular weight is 206 g/mol. The molecule has 0 saturated heterocycles. The number of carbonyl (C=O) groups is 1. The van der Waals surface area contributed by atoms with Crippen molar-refractivity contribution in [3.8, 4) is 5.75 Å². The number of hydrogen-bond donors (Lipinski definition) is 0. The van der Waals surface area contributed by atoms with Crippen LogP contribution < -0.4 is 4.74 Å². The lowest BCUT2D eigenvalue weighted by Gasteiger charge is -2.17. The fourth-order valence-corrected chi connectivity index (χ4v) is 1.60. The molecule has 1 aromatic carbocycles. The number of para-hydroxylation sites is 1. The molecule has 1 aromatic rings. The minimum Gasteiger partial charge on any atom is -0.490 e. The molecule has 1 rings (SSSR count). The van der Waals surface area contributed by atoms with Gasteiger partial charge in [-0.3, -0.25) is 4.79 Å². The summed E-state index contributed by atoms with van der Waals surface area (Å²) in [6, 6.07) is 5.62. The maximum absolute atomic E-state index is 10.8. The first-order valence-electron chi connectivity index (χ1n) is 5.40. The Bertz CT molecular complexity index is 331. The van der Waals surface area contributed by atoms with Gasteiger partial charge in [0.1, 0.15) is 5.75 Å². The van der Waals surface area contributed by atoms with Crippen molar-refractivity contribution in [2.24, 2.45) is 0 Å². The second-order valence-electron chi connectivity index (χ2n) is 3.83. The lowest BCUT2D eigenvalue weighted by atomic mass is 10.1. The number of rotatable bonds is 5. The fraction of sp³-hybridized carbons (Fsp3) is 0.462. The van der Waals surface area contributed by atoms with Gasteiger partial charge in [0.25, 0.3) is 0 Å². The van der Waals surface area contributed by atoms with E-state index in [0.717, 1.165) is 30.4 Å². The van der Waals surface area contributed by atoms with Crippen LogP contribution in [0.25, 0.3) is 0 Å².